The van der Waals surface area contributed by atoms with Crippen molar-refractivity contribution in [3.63, 3.8) is 0 Å². The molecule has 1 atom stereocenters. The topological polar surface area (TPSA) is 44.4 Å². The fourth-order valence-electron chi connectivity index (χ4n) is 3.13. The van der Waals surface area contributed by atoms with Crippen molar-refractivity contribution >= 4 is 11.6 Å². The number of carbonyl (C=O) groups is 1. The number of hydrogen-bond donors (Lipinski definition) is 2. The summed E-state index contributed by atoms with van der Waals surface area (Å²) in [7, 11) is 0. The Kier molecular flexibility index (Phi) is 6.05. The summed E-state index contributed by atoms with van der Waals surface area (Å²) in [5.74, 6) is 0. The zero-order chi connectivity index (χ0) is 17.7. The van der Waals surface area contributed by atoms with Crippen LogP contribution in [0.4, 0.5) is 4.79 Å². The highest BCUT2D eigenvalue weighted by atomic mass is 16.2. The van der Waals surface area contributed by atoms with E-state index in [0.29, 0.717) is 12.6 Å². The van der Waals surface area contributed by atoms with E-state index in [2.05, 4.69) is 35.1 Å². The molecule has 1 aromatic carbocycles. The van der Waals surface area contributed by atoms with Gasteiger partial charge in [0.15, 0.2) is 0 Å². The third kappa shape index (κ3) is 4.84. The lowest BCUT2D eigenvalue weighted by Gasteiger charge is -2.29. The van der Waals surface area contributed by atoms with Gasteiger partial charge in [-0.25, -0.2) is 4.79 Å². The molecule has 2 amide bonds. The fourth-order valence-corrected chi connectivity index (χ4v) is 3.13. The minimum Gasteiger partial charge on any atom is -0.337 e. The Balaban J connectivity index is 1.91. The molecule has 1 saturated heterocycles. The van der Waals surface area contributed by atoms with Gasteiger partial charge in [0.25, 0.3) is 0 Å². The van der Waals surface area contributed by atoms with Crippen LogP contribution >= 0.6 is 0 Å². The van der Waals surface area contributed by atoms with Gasteiger partial charge in [-0.1, -0.05) is 30.4 Å². The fraction of sp³-hybridized carbons (Fsp3) is 0.550. The minimum absolute atomic E-state index is 0.119. The number of likely N-dealkylation sites (tertiary alicyclic amines) is 1. The molecule has 0 aliphatic carbocycles. The Bertz CT molecular complexity index is 588. The molecular weight excluding hydrogens is 298 g/mol. The summed E-state index contributed by atoms with van der Waals surface area (Å²) in [6.45, 7) is 15.2. The van der Waals surface area contributed by atoms with E-state index in [0.717, 1.165) is 29.8 Å². The lowest BCUT2D eigenvalue weighted by molar-refractivity contribution is 0.218. The molecule has 0 aromatic heterocycles. The van der Waals surface area contributed by atoms with E-state index in [1.54, 1.807) is 0 Å². The average molecular weight is 329 g/mol. The van der Waals surface area contributed by atoms with Gasteiger partial charge in [0.1, 0.15) is 0 Å². The van der Waals surface area contributed by atoms with Crippen molar-refractivity contribution in [2.75, 3.05) is 19.6 Å². The van der Waals surface area contributed by atoms with Crippen molar-refractivity contribution in [1.29, 1.82) is 0 Å². The first-order chi connectivity index (χ1) is 11.3. The zero-order valence-corrected chi connectivity index (χ0v) is 15.5. The Morgan fingerprint density at radius 2 is 2.00 bits per heavy atom. The molecule has 1 aromatic rings. The van der Waals surface area contributed by atoms with Crippen LogP contribution in [0.15, 0.2) is 30.8 Å². The Hall–Kier alpha value is -1.81. The lowest BCUT2D eigenvalue weighted by atomic mass is 9.92. The van der Waals surface area contributed by atoms with E-state index in [-0.39, 0.29) is 6.03 Å². The van der Waals surface area contributed by atoms with Gasteiger partial charge in [-0.05, 0) is 70.8 Å². The van der Waals surface area contributed by atoms with Crippen LogP contribution in [0.3, 0.4) is 0 Å². The van der Waals surface area contributed by atoms with Gasteiger partial charge in [0.2, 0.25) is 0 Å². The average Bonchev–Trinajstić information content (AvgIpc) is 3.07. The molecule has 4 heteroatoms. The number of benzene rings is 1. The first-order valence-electron chi connectivity index (χ1n) is 8.86. The van der Waals surface area contributed by atoms with Gasteiger partial charge in [0, 0.05) is 12.6 Å². The van der Waals surface area contributed by atoms with E-state index >= 15 is 0 Å². The van der Waals surface area contributed by atoms with Crippen molar-refractivity contribution in [3.05, 3.63) is 42.0 Å². The summed E-state index contributed by atoms with van der Waals surface area (Å²) >= 11 is 0. The monoisotopic (exact) mass is 329 g/mol. The van der Waals surface area contributed by atoms with Crippen molar-refractivity contribution < 1.29 is 4.79 Å². The molecule has 1 unspecified atom stereocenters. The molecule has 24 heavy (non-hydrogen) atoms. The second-order valence-electron chi connectivity index (χ2n) is 7.41. The summed E-state index contributed by atoms with van der Waals surface area (Å²) in [5, 5.41) is 6.10. The molecule has 1 aliphatic heterocycles. The van der Waals surface area contributed by atoms with Crippen LogP contribution in [-0.2, 0) is 5.54 Å². The van der Waals surface area contributed by atoms with Crippen LogP contribution in [0.5, 0.6) is 0 Å². The number of hydrogen-bond acceptors (Lipinski definition) is 2. The largest absolute Gasteiger partial charge is 0.337 e. The van der Waals surface area contributed by atoms with Crippen LogP contribution < -0.4 is 10.6 Å². The number of nitrogens with one attached hydrogen (secondary N) is 2. The summed E-state index contributed by atoms with van der Waals surface area (Å²) in [6, 6.07) is 8.45. The molecule has 1 fully saturated rings. The number of allylic oxidation sites excluding steroid dienone is 1. The Morgan fingerprint density at radius 1 is 1.33 bits per heavy atom. The quantitative estimate of drug-likeness (QED) is 0.835. The summed E-state index contributed by atoms with van der Waals surface area (Å²) < 4.78 is 0. The second-order valence-corrected chi connectivity index (χ2v) is 7.41. The predicted molar refractivity (Wildman–Crippen MR) is 101 cm³/mol. The molecule has 2 rings (SSSR count). The Labute approximate surface area is 146 Å². The van der Waals surface area contributed by atoms with Crippen molar-refractivity contribution in [2.24, 2.45) is 0 Å². The van der Waals surface area contributed by atoms with Gasteiger partial charge in [-0.15, -0.1) is 0 Å². The number of carbonyl (C=O) groups excluding carboxylic acids is 1. The van der Waals surface area contributed by atoms with Crippen molar-refractivity contribution in [2.45, 2.75) is 52.1 Å². The maximum Gasteiger partial charge on any atom is 0.315 e. The van der Waals surface area contributed by atoms with Crippen LogP contribution in [0.1, 0.15) is 51.7 Å². The highest BCUT2D eigenvalue weighted by Gasteiger charge is 2.24. The highest BCUT2D eigenvalue weighted by molar-refractivity contribution is 5.75. The van der Waals surface area contributed by atoms with Crippen molar-refractivity contribution in [3.8, 4) is 0 Å². The predicted octanol–water partition coefficient (Wildman–Crippen LogP) is 3.74. The molecule has 4 nitrogen and oxygen atoms in total. The molecule has 2 N–H and O–H groups in total. The smallest absolute Gasteiger partial charge is 0.315 e. The number of urea groups is 1. The molecule has 132 valence electrons. The lowest BCUT2D eigenvalue weighted by Crippen LogP contribution is -2.49. The number of nitrogens with zero attached hydrogens (tertiary/aromatic N) is 1. The van der Waals surface area contributed by atoms with E-state index in [9.17, 15) is 4.79 Å². The molecule has 0 saturated carbocycles. The van der Waals surface area contributed by atoms with Crippen LogP contribution in [-0.4, -0.2) is 36.6 Å². The Morgan fingerprint density at radius 3 is 2.62 bits per heavy atom. The van der Waals surface area contributed by atoms with E-state index in [1.807, 2.05) is 39.0 Å². The van der Waals surface area contributed by atoms with E-state index in [4.69, 9.17) is 0 Å². The normalized spacial score (nSPS) is 16.7. The standard InChI is InChI=1S/C20H31N3O/c1-15(2)17-9-8-10-18(13-17)20(4,5)22-19(24)21-14-16(3)23-11-6-7-12-23/h8-10,13,16H,1,6-7,11-12,14H2,2-5H3,(H2,21,22,24). The highest BCUT2D eigenvalue weighted by Crippen LogP contribution is 2.23. The molecule has 1 aliphatic rings. The third-order valence-corrected chi connectivity index (χ3v) is 4.83. The maximum atomic E-state index is 12.3. The minimum atomic E-state index is -0.438. The van der Waals surface area contributed by atoms with Crippen LogP contribution in [0.2, 0.25) is 0 Å². The van der Waals surface area contributed by atoms with Gasteiger partial charge in [0.05, 0.1) is 5.54 Å². The molecule has 0 radical (unpaired) electrons. The first kappa shape index (κ1) is 18.5. The molecule has 1 heterocycles. The van der Waals surface area contributed by atoms with Gasteiger partial charge >= 0.3 is 6.03 Å². The van der Waals surface area contributed by atoms with Gasteiger partial charge in [-0.3, -0.25) is 4.90 Å². The van der Waals surface area contributed by atoms with Gasteiger partial charge in [-0.2, -0.15) is 0 Å². The second kappa shape index (κ2) is 7.84. The van der Waals surface area contributed by atoms with Gasteiger partial charge < -0.3 is 10.6 Å². The third-order valence-electron chi connectivity index (χ3n) is 4.83. The van der Waals surface area contributed by atoms with Crippen LogP contribution in [0.25, 0.3) is 5.57 Å². The summed E-state index contributed by atoms with van der Waals surface area (Å²) in [4.78, 5) is 14.7. The van der Waals surface area contributed by atoms with E-state index in [1.165, 1.54) is 12.8 Å². The maximum absolute atomic E-state index is 12.3. The summed E-state index contributed by atoms with van der Waals surface area (Å²) in [6.07, 6.45) is 2.53. The summed E-state index contributed by atoms with van der Waals surface area (Å²) in [5.41, 5.74) is 2.76. The zero-order valence-electron chi connectivity index (χ0n) is 15.5. The molecule has 0 spiro atoms. The number of rotatable bonds is 6. The van der Waals surface area contributed by atoms with E-state index < -0.39 is 5.54 Å². The van der Waals surface area contributed by atoms with Crippen molar-refractivity contribution in [1.82, 2.24) is 15.5 Å². The van der Waals surface area contributed by atoms with Crippen LogP contribution in [0, 0.1) is 0 Å². The number of amides is 2. The first-order valence-corrected chi connectivity index (χ1v) is 8.86. The molecular formula is C20H31N3O. The molecule has 0 bridgehead atoms. The SMILES string of the molecule is C=C(C)c1cccc(C(C)(C)NC(=O)NCC(C)N2CCCC2)c1.